The molecule has 136 valence electrons. The van der Waals surface area contributed by atoms with Gasteiger partial charge in [-0.15, -0.1) is 11.3 Å². The molecule has 2 aromatic rings. The number of hydrogen-bond acceptors (Lipinski definition) is 7. The van der Waals surface area contributed by atoms with E-state index in [-0.39, 0.29) is 5.97 Å². The predicted molar refractivity (Wildman–Crippen MR) is 96.7 cm³/mol. The molecule has 0 bridgehead atoms. The summed E-state index contributed by atoms with van der Waals surface area (Å²) in [7, 11) is 4.08. The third-order valence-electron chi connectivity index (χ3n) is 4.28. The zero-order valence-corrected chi connectivity index (χ0v) is 15.9. The molecule has 0 saturated heterocycles. The Morgan fingerprint density at radius 3 is 2.96 bits per heavy atom. The monoisotopic (exact) mass is 363 g/mol. The van der Waals surface area contributed by atoms with Crippen molar-refractivity contribution in [1.82, 2.24) is 24.6 Å². The van der Waals surface area contributed by atoms with Crippen molar-refractivity contribution in [1.29, 1.82) is 0 Å². The maximum Gasteiger partial charge on any atom is 0.359 e. The molecule has 3 rings (SSSR count). The van der Waals surface area contributed by atoms with Gasteiger partial charge < -0.3 is 9.64 Å². The number of hydrogen-bond donors (Lipinski definition) is 0. The van der Waals surface area contributed by atoms with Gasteiger partial charge in [-0.3, -0.25) is 9.58 Å². The van der Waals surface area contributed by atoms with E-state index in [1.54, 1.807) is 11.3 Å². The van der Waals surface area contributed by atoms with Crippen molar-refractivity contribution in [2.24, 2.45) is 0 Å². The highest BCUT2D eigenvalue weighted by Crippen LogP contribution is 2.25. The van der Waals surface area contributed by atoms with Crippen molar-refractivity contribution in [2.75, 3.05) is 33.8 Å². The van der Waals surface area contributed by atoms with Gasteiger partial charge in [-0.1, -0.05) is 0 Å². The Morgan fingerprint density at radius 1 is 1.44 bits per heavy atom. The first kappa shape index (κ1) is 18.0. The molecule has 2 aromatic heterocycles. The van der Waals surface area contributed by atoms with Gasteiger partial charge in [-0.25, -0.2) is 9.78 Å². The number of esters is 1. The number of nitrogens with zero attached hydrogens (tertiary/aromatic N) is 5. The highest BCUT2D eigenvalue weighted by atomic mass is 32.1. The SMILES string of the molecule is CCOC(=O)c1nn(CCN(C)C)c2c1CN(Cc1nccs1)CC2. The van der Waals surface area contributed by atoms with Crippen molar-refractivity contribution >= 4 is 17.3 Å². The molecule has 0 spiro atoms. The summed E-state index contributed by atoms with van der Waals surface area (Å²) in [5, 5.41) is 7.68. The number of fused-ring (bicyclic) bond motifs is 1. The van der Waals surface area contributed by atoms with Crippen molar-refractivity contribution in [3.8, 4) is 0 Å². The fraction of sp³-hybridized carbons (Fsp3) is 0.588. The Bertz CT molecular complexity index is 711. The van der Waals surface area contributed by atoms with Gasteiger partial charge in [0.25, 0.3) is 0 Å². The van der Waals surface area contributed by atoms with Crippen LogP contribution in [-0.4, -0.2) is 64.3 Å². The third kappa shape index (κ3) is 4.26. The molecule has 0 N–H and O–H groups in total. The van der Waals surface area contributed by atoms with Gasteiger partial charge in [0, 0.05) is 48.9 Å². The highest BCUT2D eigenvalue weighted by Gasteiger charge is 2.29. The minimum absolute atomic E-state index is 0.321. The van der Waals surface area contributed by atoms with Crippen LogP contribution in [0.25, 0.3) is 0 Å². The van der Waals surface area contributed by atoms with Crippen LogP contribution in [0.15, 0.2) is 11.6 Å². The fourth-order valence-electron chi connectivity index (χ4n) is 3.05. The first-order valence-corrected chi connectivity index (χ1v) is 9.47. The van der Waals surface area contributed by atoms with E-state index in [0.717, 1.165) is 43.2 Å². The van der Waals surface area contributed by atoms with E-state index in [9.17, 15) is 4.79 Å². The highest BCUT2D eigenvalue weighted by molar-refractivity contribution is 7.09. The molecule has 0 saturated carbocycles. The molecule has 25 heavy (non-hydrogen) atoms. The summed E-state index contributed by atoms with van der Waals surface area (Å²) < 4.78 is 7.21. The molecule has 0 radical (unpaired) electrons. The Labute approximate surface area is 152 Å². The smallest absolute Gasteiger partial charge is 0.359 e. The van der Waals surface area contributed by atoms with Crippen LogP contribution in [0.4, 0.5) is 0 Å². The predicted octanol–water partition coefficient (Wildman–Crippen LogP) is 1.64. The first-order valence-electron chi connectivity index (χ1n) is 8.59. The Kier molecular flexibility index (Phi) is 5.82. The molecule has 8 heteroatoms. The second kappa shape index (κ2) is 8.07. The van der Waals surface area contributed by atoms with E-state index in [0.29, 0.717) is 18.8 Å². The van der Waals surface area contributed by atoms with E-state index >= 15 is 0 Å². The molecule has 0 amide bonds. The first-order chi connectivity index (χ1) is 12.1. The number of thiazole rings is 1. The maximum atomic E-state index is 12.4. The quantitative estimate of drug-likeness (QED) is 0.697. The number of carbonyl (C=O) groups is 1. The largest absolute Gasteiger partial charge is 0.461 e. The lowest BCUT2D eigenvalue weighted by Gasteiger charge is -2.27. The summed E-state index contributed by atoms with van der Waals surface area (Å²) in [4.78, 5) is 21.2. The van der Waals surface area contributed by atoms with Crippen LogP contribution in [0.5, 0.6) is 0 Å². The van der Waals surface area contributed by atoms with Crippen LogP contribution in [0.2, 0.25) is 0 Å². The Balaban J connectivity index is 1.83. The zero-order chi connectivity index (χ0) is 17.8. The van der Waals surface area contributed by atoms with Crippen molar-refractivity contribution < 1.29 is 9.53 Å². The Hall–Kier alpha value is -1.77. The second-order valence-corrected chi connectivity index (χ2v) is 7.39. The van der Waals surface area contributed by atoms with Gasteiger partial charge in [-0.2, -0.15) is 5.10 Å². The molecule has 0 aliphatic carbocycles. The van der Waals surface area contributed by atoms with Gasteiger partial charge in [0.05, 0.1) is 19.7 Å². The molecule has 0 atom stereocenters. The van der Waals surface area contributed by atoms with E-state index in [1.165, 1.54) is 5.69 Å². The number of ether oxygens (including phenoxy) is 1. The molecule has 0 fully saturated rings. The maximum absolute atomic E-state index is 12.4. The molecular formula is C17H25N5O2S. The lowest BCUT2D eigenvalue weighted by molar-refractivity contribution is 0.0515. The summed E-state index contributed by atoms with van der Waals surface area (Å²) in [5.41, 5.74) is 2.65. The number of aromatic nitrogens is 3. The van der Waals surface area contributed by atoms with Crippen LogP contribution < -0.4 is 0 Å². The van der Waals surface area contributed by atoms with Gasteiger partial charge in [0.2, 0.25) is 0 Å². The Morgan fingerprint density at radius 2 is 2.28 bits per heavy atom. The van der Waals surface area contributed by atoms with Crippen LogP contribution in [0, 0.1) is 0 Å². The third-order valence-corrected chi connectivity index (χ3v) is 5.05. The lowest BCUT2D eigenvalue weighted by Crippen LogP contribution is -2.31. The molecule has 0 aromatic carbocycles. The average molecular weight is 363 g/mol. The normalized spacial score (nSPS) is 14.7. The molecule has 1 aliphatic heterocycles. The number of carbonyl (C=O) groups excluding carboxylic acids is 1. The summed E-state index contributed by atoms with van der Waals surface area (Å²) >= 11 is 1.66. The van der Waals surface area contributed by atoms with E-state index in [1.807, 2.05) is 37.3 Å². The summed E-state index contributed by atoms with van der Waals surface area (Å²) in [6.07, 6.45) is 2.72. The van der Waals surface area contributed by atoms with E-state index < -0.39 is 0 Å². The minimum Gasteiger partial charge on any atom is -0.461 e. The van der Waals surface area contributed by atoms with Gasteiger partial charge >= 0.3 is 5.97 Å². The van der Waals surface area contributed by atoms with E-state index in [2.05, 4.69) is 19.9 Å². The van der Waals surface area contributed by atoms with Crippen molar-refractivity contribution in [3.05, 3.63) is 33.5 Å². The molecule has 3 heterocycles. The van der Waals surface area contributed by atoms with Crippen LogP contribution in [0.3, 0.4) is 0 Å². The van der Waals surface area contributed by atoms with Crippen LogP contribution >= 0.6 is 11.3 Å². The van der Waals surface area contributed by atoms with Crippen molar-refractivity contribution in [2.45, 2.75) is 33.0 Å². The molecule has 0 unspecified atom stereocenters. The van der Waals surface area contributed by atoms with Gasteiger partial charge in [-0.05, 0) is 21.0 Å². The summed E-state index contributed by atoms with van der Waals surface area (Å²) in [6.45, 7) is 6.32. The van der Waals surface area contributed by atoms with Crippen molar-refractivity contribution in [3.63, 3.8) is 0 Å². The molecular weight excluding hydrogens is 338 g/mol. The molecule has 7 nitrogen and oxygen atoms in total. The minimum atomic E-state index is -0.321. The van der Waals surface area contributed by atoms with Crippen LogP contribution in [-0.2, 0) is 30.8 Å². The van der Waals surface area contributed by atoms with E-state index in [4.69, 9.17) is 4.74 Å². The number of rotatable bonds is 7. The fourth-order valence-corrected chi connectivity index (χ4v) is 3.70. The molecule has 1 aliphatic rings. The van der Waals surface area contributed by atoms with Crippen LogP contribution in [0.1, 0.15) is 33.7 Å². The topological polar surface area (TPSA) is 63.5 Å². The lowest BCUT2D eigenvalue weighted by atomic mass is 10.0. The van der Waals surface area contributed by atoms with Gasteiger partial charge in [0.15, 0.2) is 5.69 Å². The average Bonchev–Trinajstić information content (AvgIpc) is 3.20. The summed E-state index contributed by atoms with van der Waals surface area (Å²) in [5.74, 6) is -0.321. The zero-order valence-electron chi connectivity index (χ0n) is 15.1. The second-order valence-electron chi connectivity index (χ2n) is 6.41. The van der Waals surface area contributed by atoms with Gasteiger partial charge in [0.1, 0.15) is 5.01 Å². The number of likely N-dealkylation sites (N-methyl/N-ethyl adjacent to an activating group) is 1. The summed E-state index contributed by atoms with van der Waals surface area (Å²) in [6, 6.07) is 0. The standard InChI is InChI=1S/C17H25N5O2S/c1-4-24-17(23)16-13-11-21(12-15-18-6-10-25-15)7-5-14(13)22(19-16)9-8-20(2)3/h6,10H,4-5,7-9,11-12H2,1-3H3.